The molecule has 0 radical (unpaired) electrons. The quantitative estimate of drug-likeness (QED) is 0.328. The SMILES string of the molecule is COc1ccc(C2Nc3ccccc3C(=O)N2c2ccc(F)cc2)cc1COc1c(C)cccc1C. The van der Waals surface area contributed by atoms with Crippen molar-refractivity contribution < 1.29 is 18.7 Å². The molecule has 0 spiro atoms. The number of ether oxygens (including phenoxy) is 2. The van der Waals surface area contributed by atoms with Crippen LogP contribution in [0.3, 0.4) is 0 Å². The Hall–Kier alpha value is -4.32. The van der Waals surface area contributed by atoms with Gasteiger partial charge >= 0.3 is 0 Å². The van der Waals surface area contributed by atoms with Crippen LogP contribution in [0.5, 0.6) is 11.5 Å². The van der Waals surface area contributed by atoms with Gasteiger partial charge in [0.1, 0.15) is 30.1 Å². The Balaban J connectivity index is 1.54. The molecular weight excluding hydrogens is 455 g/mol. The molecule has 4 aromatic rings. The molecule has 0 fully saturated rings. The number of carbonyl (C=O) groups is 1. The normalized spacial score (nSPS) is 14.7. The highest BCUT2D eigenvalue weighted by Gasteiger charge is 2.34. The second-order valence-electron chi connectivity index (χ2n) is 8.82. The van der Waals surface area contributed by atoms with E-state index in [1.165, 1.54) is 12.1 Å². The number of para-hydroxylation sites is 2. The van der Waals surface area contributed by atoms with Crippen molar-refractivity contribution in [2.24, 2.45) is 0 Å². The van der Waals surface area contributed by atoms with Crippen LogP contribution in [0.25, 0.3) is 0 Å². The molecule has 5 nitrogen and oxygen atoms in total. The van der Waals surface area contributed by atoms with Crippen LogP contribution in [0, 0.1) is 19.7 Å². The minimum atomic E-state index is -0.511. The van der Waals surface area contributed by atoms with Crippen molar-refractivity contribution in [2.75, 3.05) is 17.3 Å². The molecule has 1 aliphatic heterocycles. The lowest BCUT2D eigenvalue weighted by molar-refractivity contribution is 0.0975. The number of fused-ring (bicyclic) bond motifs is 1. The number of aryl methyl sites for hydroxylation is 2. The van der Waals surface area contributed by atoms with Crippen molar-refractivity contribution in [2.45, 2.75) is 26.6 Å². The molecule has 182 valence electrons. The van der Waals surface area contributed by atoms with Crippen LogP contribution < -0.4 is 19.7 Å². The van der Waals surface area contributed by atoms with Gasteiger partial charge in [0, 0.05) is 16.9 Å². The average Bonchev–Trinajstić information content (AvgIpc) is 2.89. The minimum absolute atomic E-state index is 0.162. The van der Waals surface area contributed by atoms with Gasteiger partial charge in [-0.1, -0.05) is 36.4 Å². The van der Waals surface area contributed by atoms with E-state index in [9.17, 15) is 9.18 Å². The van der Waals surface area contributed by atoms with Crippen LogP contribution in [0.1, 0.15) is 38.8 Å². The summed E-state index contributed by atoms with van der Waals surface area (Å²) < 4.78 is 25.5. The number of nitrogens with one attached hydrogen (secondary N) is 1. The summed E-state index contributed by atoms with van der Waals surface area (Å²) >= 11 is 0. The van der Waals surface area contributed by atoms with Crippen LogP contribution in [-0.4, -0.2) is 13.0 Å². The summed E-state index contributed by atoms with van der Waals surface area (Å²) in [4.78, 5) is 15.3. The third kappa shape index (κ3) is 4.38. The zero-order chi connectivity index (χ0) is 25.2. The molecule has 0 aromatic heterocycles. The maximum absolute atomic E-state index is 13.7. The smallest absolute Gasteiger partial charge is 0.262 e. The second kappa shape index (κ2) is 9.74. The lowest BCUT2D eigenvalue weighted by Gasteiger charge is -2.38. The molecule has 1 heterocycles. The van der Waals surface area contributed by atoms with E-state index in [0.717, 1.165) is 33.7 Å². The summed E-state index contributed by atoms with van der Waals surface area (Å²) in [6, 6.07) is 25.2. The van der Waals surface area contributed by atoms with E-state index in [-0.39, 0.29) is 11.7 Å². The Morgan fingerprint density at radius 1 is 0.917 bits per heavy atom. The number of halogens is 1. The summed E-state index contributed by atoms with van der Waals surface area (Å²) in [7, 11) is 1.63. The highest BCUT2D eigenvalue weighted by atomic mass is 19.1. The molecular formula is C30H27FN2O3. The van der Waals surface area contributed by atoms with Gasteiger partial charge in [-0.25, -0.2) is 4.39 Å². The third-order valence-electron chi connectivity index (χ3n) is 6.43. The fourth-order valence-corrected chi connectivity index (χ4v) is 4.61. The van der Waals surface area contributed by atoms with Gasteiger partial charge in [0.05, 0.1) is 12.7 Å². The van der Waals surface area contributed by atoms with E-state index in [1.807, 2.05) is 68.4 Å². The van der Waals surface area contributed by atoms with Crippen molar-refractivity contribution in [3.8, 4) is 11.5 Å². The average molecular weight is 483 g/mol. The lowest BCUT2D eigenvalue weighted by atomic mass is 10.0. The standard InChI is InChI=1S/C30H27FN2O3/c1-19-7-6-8-20(2)28(19)36-18-22-17-21(11-16-27(22)35-3)29-32-26-10-5-4-9-25(26)30(34)33(29)24-14-12-23(31)13-15-24/h4-17,29,32H,18H2,1-3H3. The summed E-state index contributed by atoms with van der Waals surface area (Å²) in [5.41, 5.74) is 5.72. The fourth-order valence-electron chi connectivity index (χ4n) is 4.61. The van der Waals surface area contributed by atoms with Gasteiger partial charge in [0.2, 0.25) is 0 Å². The number of benzene rings is 4. The van der Waals surface area contributed by atoms with E-state index in [4.69, 9.17) is 9.47 Å². The summed E-state index contributed by atoms with van der Waals surface area (Å²) in [5, 5.41) is 3.49. The zero-order valence-electron chi connectivity index (χ0n) is 20.4. The largest absolute Gasteiger partial charge is 0.496 e. The van der Waals surface area contributed by atoms with Gasteiger partial charge in [-0.05, 0) is 79.1 Å². The summed E-state index contributed by atoms with van der Waals surface area (Å²) in [5.74, 6) is 1.02. The molecule has 6 heteroatoms. The van der Waals surface area contributed by atoms with Crippen LogP contribution in [0.4, 0.5) is 15.8 Å². The van der Waals surface area contributed by atoms with Gasteiger partial charge in [-0.3, -0.25) is 9.69 Å². The van der Waals surface area contributed by atoms with Crippen LogP contribution >= 0.6 is 0 Å². The molecule has 36 heavy (non-hydrogen) atoms. The monoisotopic (exact) mass is 482 g/mol. The highest BCUT2D eigenvalue weighted by molar-refractivity contribution is 6.12. The number of hydrogen-bond acceptors (Lipinski definition) is 4. The Morgan fingerprint density at radius 3 is 2.36 bits per heavy atom. The summed E-state index contributed by atoms with van der Waals surface area (Å²) in [6.07, 6.45) is -0.511. The maximum Gasteiger partial charge on any atom is 0.262 e. The van der Waals surface area contributed by atoms with Gasteiger partial charge in [0.25, 0.3) is 5.91 Å². The van der Waals surface area contributed by atoms with Crippen LogP contribution in [0.2, 0.25) is 0 Å². The fraction of sp³-hybridized carbons (Fsp3) is 0.167. The third-order valence-corrected chi connectivity index (χ3v) is 6.43. The Labute approximate surface area is 210 Å². The van der Waals surface area contributed by atoms with E-state index < -0.39 is 6.17 Å². The van der Waals surface area contributed by atoms with Gasteiger partial charge in [-0.15, -0.1) is 0 Å². The van der Waals surface area contributed by atoms with Crippen molar-refractivity contribution >= 4 is 17.3 Å². The molecule has 1 amide bonds. The second-order valence-corrected chi connectivity index (χ2v) is 8.82. The van der Waals surface area contributed by atoms with Crippen molar-refractivity contribution in [3.63, 3.8) is 0 Å². The molecule has 4 aromatic carbocycles. The lowest BCUT2D eigenvalue weighted by Crippen LogP contribution is -2.43. The maximum atomic E-state index is 13.7. The van der Waals surface area contributed by atoms with Crippen molar-refractivity contribution in [1.29, 1.82) is 0 Å². The van der Waals surface area contributed by atoms with Gasteiger partial charge < -0.3 is 14.8 Å². The van der Waals surface area contributed by atoms with Crippen molar-refractivity contribution in [3.05, 3.63) is 119 Å². The molecule has 1 aliphatic rings. The van der Waals surface area contributed by atoms with Crippen LogP contribution in [-0.2, 0) is 6.61 Å². The topological polar surface area (TPSA) is 50.8 Å². The molecule has 5 rings (SSSR count). The predicted molar refractivity (Wildman–Crippen MR) is 139 cm³/mol. The van der Waals surface area contributed by atoms with Crippen molar-refractivity contribution in [1.82, 2.24) is 0 Å². The molecule has 0 bridgehead atoms. The molecule has 0 aliphatic carbocycles. The molecule has 1 N–H and O–H groups in total. The molecule has 1 atom stereocenters. The number of anilines is 2. The first-order valence-electron chi connectivity index (χ1n) is 11.8. The number of carbonyl (C=O) groups excluding carboxylic acids is 1. The Kier molecular flexibility index (Phi) is 6.34. The van der Waals surface area contributed by atoms with E-state index in [2.05, 4.69) is 5.32 Å². The van der Waals surface area contributed by atoms with Gasteiger partial charge in [0.15, 0.2) is 0 Å². The Bertz CT molecular complexity index is 1400. The predicted octanol–water partition coefficient (Wildman–Crippen LogP) is 6.80. The zero-order valence-corrected chi connectivity index (χ0v) is 20.4. The highest BCUT2D eigenvalue weighted by Crippen LogP contribution is 2.38. The summed E-state index contributed by atoms with van der Waals surface area (Å²) in [6.45, 7) is 4.34. The first kappa shape index (κ1) is 23.4. The molecule has 0 saturated heterocycles. The van der Waals surface area contributed by atoms with E-state index in [1.54, 1.807) is 30.2 Å². The molecule has 0 saturated carbocycles. The number of nitrogens with zero attached hydrogens (tertiary/aromatic N) is 1. The molecule has 1 unspecified atom stereocenters. The van der Waals surface area contributed by atoms with Gasteiger partial charge in [-0.2, -0.15) is 0 Å². The first-order valence-corrected chi connectivity index (χ1v) is 11.8. The minimum Gasteiger partial charge on any atom is -0.496 e. The number of rotatable bonds is 6. The van der Waals surface area contributed by atoms with Crippen LogP contribution in [0.15, 0.2) is 84.9 Å². The van der Waals surface area contributed by atoms with E-state index in [0.29, 0.717) is 23.6 Å². The van der Waals surface area contributed by atoms with E-state index >= 15 is 0 Å². The first-order chi connectivity index (χ1) is 17.5. The number of amides is 1. The number of hydrogen-bond donors (Lipinski definition) is 1. The number of methoxy groups -OCH3 is 1. The Morgan fingerprint density at radius 2 is 1.64 bits per heavy atom.